The molecule has 0 bridgehead atoms. The van der Waals surface area contributed by atoms with Gasteiger partial charge in [-0.2, -0.15) is 0 Å². The Morgan fingerprint density at radius 3 is 2.31 bits per heavy atom. The van der Waals surface area contributed by atoms with E-state index in [1.54, 1.807) is 12.1 Å². The van der Waals surface area contributed by atoms with E-state index < -0.39 is 9.84 Å². The summed E-state index contributed by atoms with van der Waals surface area (Å²) < 4.78 is 37.0. The summed E-state index contributed by atoms with van der Waals surface area (Å²) in [7, 11) is -2.56. The highest BCUT2D eigenvalue weighted by atomic mass is 32.2. The van der Waals surface area contributed by atoms with Gasteiger partial charge >= 0.3 is 0 Å². The highest BCUT2D eigenvalue weighted by Gasteiger charge is 2.30. The molecule has 0 unspecified atom stereocenters. The molecule has 7 heteroatoms. The number of sulfone groups is 1. The van der Waals surface area contributed by atoms with E-state index >= 15 is 0 Å². The number of para-hydroxylation sites is 1. The summed E-state index contributed by atoms with van der Waals surface area (Å²) in [5, 5.41) is 7.90. The third kappa shape index (κ3) is 2.62. The number of fused-ring (bicyclic) bond motifs is 1. The summed E-state index contributed by atoms with van der Waals surface area (Å²) in [6.07, 6.45) is 0. The van der Waals surface area contributed by atoms with Gasteiger partial charge in [-0.15, -0.1) is 10.2 Å². The van der Waals surface area contributed by atoms with Crippen LogP contribution in [0.2, 0.25) is 0 Å². The van der Waals surface area contributed by atoms with E-state index in [9.17, 15) is 8.42 Å². The molecule has 0 aliphatic rings. The topological polar surface area (TPSA) is 82.3 Å². The number of nitrogens with zero attached hydrogens (tertiary/aromatic N) is 2. The standard InChI is InChI=1S/C19H14N2O4S/c1-24-16-11-12-17(21-20-16)26(22,23)19-18(13-7-3-2-4-8-13)14-9-5-6-10-15(14)25-19/h2-12H,1H3. The zero-order valence-corrected chi connectivity index (χ0v) is 14.6. The average Bonchev–Trinajstić information content (AvgIpc) is 3.09. The maximum Gasteiger partial charge on any atom is 0.259 e. The number of rotatable bonds is 4. The minimum atomic E-state index is -4.00. The van der Waals surface area contributed by atoms with Crippen molar-refractivity contribution in [2.45, 2.75) is 10.1 Å². The molecule has 130 valence electrons. The van der Waals surface area contributed by atoms with E-state index in [1.165, 1.54) is 19.2 Å². The Labute approximate surface area is 150 Å². The molecule has 0 fully saturated rings. The van der Waals surface area contributed by atoms with Gasteiger partial charge in [0.25, 0.3) is 9.84 Å². The number of aromatic nitrogens is 2. The number of hydrogen-bond acceptors (Lipinski definition) is 6. The second-order valence-corrected chi connectivity index (χ2v) is 7.34. The average molecular weight is 366 g/mol. The number of furan rings is 1. The lowest BCUT2D eigenvalue weighted by atomic mass is 10.1. The van der Waals surface area contributed by atoms with Crippen LogP contribution in [0.25, 0.3) is 22.1 Å². The van der Waals surface area contributed by atoms with Gasteiger partial charge in [0, 0.05) is 17.0 Å². The molecule has 6 nitrogen and oxygen atoms in total. The van der Waals surface area contributed by atoms with E-state index in [0.717, 1.165) is 10.9 Å². The predicted octanol–water partition coefficient (Wildman–Crippen LogP) is 3.73. The summed E-state index contributed by atoms with van der Waals surface area (Å²) in [6, 6.07) is 19.3. The monoisotopic (exact) mass is 366 g/mol. The first kappa shape index (κ1) is 16.3. The van der Waals surface area contributed by atoms with Crippen LogP contribution in [0.5, 0.6) is 5.88 Å². The van der Waals surface area contributed by atoms with Crippen LogP contribution in [0.4, 0.5) is 0 Å². The van der Waals surface area contributed by atoms with Gasteiger partial charge in [-0.1, -0.05) is 48.5 Å². The molecule has 2 heterocycles. The molecule has 0 N–H and O–H groups in total. The zero-order valence-electron chi connectivity index (χ0n) is 13.8. The molecule has 26 heavy (non-hydrogen) atoms. The van der Waals surface area contributed by atoms with Crippen molar-refractivity contribution < 1.29 is 17.6 Å². The lowest BCUT2D eigenvalue weighted by molar-refractivity contribution is 0.389. The Balaban J connectivity index is 1.98. The van der Waals surface area contributed by atoms with Gasteiger partial charge in [0.2, 0.25) is 11.0 Å². The first-order valence-electron chi connectivity index (χ1n) is 7.81. The SMILES string of the molecule is COc1ccc(S(=O)(=O)c2oc3ccccc3c2-c2ccccc2)nn1. The summed E-state index contributed by atoms with van der Waals surface area (Å²) in [4.78, 5) is 0. The van der Waals surface area contributed by atoms with E-state index in [1.807, 2.05) is 42.5 Å². The molecule has 4 rings (SSSR count). The smallest absolute Gasteiger partial charge is 0.259 e. The highest BCUT2D eigenvalue weighted by molar-refractivity contribution is 7.91. The largest absolute Gasteiger partial charge is 0.480 e. The summed E-state index contributed by atoms with van der Waals surface area (Å²) in [6.45, 7) is 0. The Morgan fingerprint density at radius 2 is 1.62 bits per heavy atom. The fourth-order valence-electron chi connectivity index (χ4n) is 2.75. The molecule has 0 amide bonds. The molecule has 2 aromatic carbocycles. The van der Waals surface area contributed by atoms with Crippen molar-refractivity contribution in [3.8, 4) is 17.0 Å². The van der Waals surface area contributed by atoms with Crippen molar-refractivity contribution in [2.75, 3.05) is 7.11 Å². The van der Waals surface area contributed by atoms with Crippen LogP contribution in [0, 0.1) is 0 Å². The van der Waals surface area contributed by atoms with E-state index in [2.05, 4.69) is 10.2 Å². The molecule has 0 radical (unpaired) electrons. The van der Waals surface area contributed by atoms with E-state index in [0.29, 0.717) is 11.1 Å². The third-order valence-electron chi connectivity index (χ3n) is 3.97. The lowest BCUT2D eigenvalue weighted by Gasteiger charge is -2.05. The molecule has 4 aromatic rings. The minimum absolute atomic E-state index is 0.149. The van der Waals surface area contributed by atoms with Crippen molar-refractivity contribution in [1.29, 1.82) is 0 Å². The van der Waals surface area contributed by atoms with Crippen molar-refractivity contribution >= 4 is 20.8 Å². The van der Waals surface area contributed by atoms with Crippen molar-refractivity contribution in [3.63, 3.8) is 0 Å². The van der Waals surface area contributed by atoms with Crippen LogP contribution < -0.4 is 4.74 Å². The Kier molecular flexibility index (Phi) is 3.93. The minimum Gasteiger partial charge on any atom is -0.480 e. The van der Waals surface area contributed by atoms with Crippen molar-refractivity contribution in [3.05, 3.63) is 66.7 Å². The molecule has 0 atom stereocenters. The van der Waals surface area contributed by atoms with Crippen LogP contribution in [-0.4, -0.2) is 25.7 Å². The van der Waals surface area contributed by atoms with Gasteiger partial charge < -0.3 is 9.15 Å². The third-order valence-corrected chi connectivity index (χ3v) is 5.51. The molecular weight excluding hydrogens is 352 g/mol. The second-order valence-electron chi connectivity index (χ2n) is 5.54. The Morgan fingerprint density at radius 1 is 0.885 bits per heavy atom. The van der Waals surface area contributed by atoms with Crippen LogP contribution in [-0.2, 0) is 9.84 Å². The Bertz CT molecular complexity index is 1170. The van der Waals surface area contributed by atoms with Crippen LogP contribution in [0.1, 0.15) is 0 Å². The molecule has 0 aliphatic carbocycles. The highest BCUT2D eigenvalue weighted by Crippen LogP contribution is 2.39. The fourth-order valence-corrected chi connectivity index (χ4v) is 4.03. The number of ether oxygens (including phenoxy) is 1. The normalized spacial score (nSPS) is 11.6. The molecule has 2 aromatic heterocycles. The van der Waals surface area contributed by atoms with Crippen LogP contribution in [0.3, 0.4) is 0 Å². The fraction of sp³-hybridized carbons (Fsp3) is 0.0526. The molecular formula is C19H14N2O4S. The van der Waals surface area contributed by atoms with Gasteiger partial charge in [0.15, 0.2) is 5.03 Å². The van der Waals surface area contributed by atoms with Crippen molar-refractivity contribution in [2.24, 2.45) is 0 Å². The number of hydrogen-bond donors (Lipinski definition) is 0. The molecule has 0 aliphatic heterocycles. The predicted molar refractivity (Wildman–Crippen MR) is 95.7 cm³/mol. The summed E-state index contributed by atoms with van der Waals surface area (Å²) in [5.41, 5.74) is 1.75. The Hall–Kier alpha value is -3.19. The zero-order chi connectivity index (χ0) is 18.1. The molecule has 0 spiro atoms. The molecule has 0 saturated heterocycles. The molecule has 0 saturated carbocycles. The van der Waals surface area contributed by atoms with Crippen LogP contribution >= 0.6 is 0 Å². The van der Waals surface area contributed by atoms with E-state index in [-0.39, 0.29) is 16.0 Å². The number of benzene rings is 2. The van der Waals surface area contributed by atoms with Gasteiger partial charge in [0.05, 0.1) is 7.11 Å². The summed E-state index contributed by atoms with van der Waals surface area (Å²) >= 11 is 0. The maximum absolute atomic E-state index is 13.2. The first-order chi connectivity index (χ1) is 12.6. The quantitative estimate of drug-likeness (QED) is 0.547. The van der Waals surface area contributed by atoms with Gasteiger partial charge in [-0.3, -0.25) is 0 Å². The lowest BCUT2D eigenvalue weighted by Crippen LogP contribution is -2.06. The van der Waals surface area contributed by atoms with E-state index in [4.69, 9.17) is 9.15 Å². The van der Waals surface area contributed by atoms with Gasteiger partial charge in [-0.25, -0.2) is 8.42 Å². The van der Waals surface area contributed by atoms with Gasteiger partial charge in [-0.05, 0) is 17.7 Å². The summed E-state index contributed by atoms with van der Waals surface area (Å²) in [5.74, 6) is 0.233. The number of methoxy groups -OCH3 is 1. The van der Waals surface area contributed by atoms with Crippen molar-refractivity contribution in [1.82, 2.24) is 10.2 Å². The van der Waals surface area contributed by atoms with Gasteiger partial charge in [0.1, 0.15) is 5.58 Å². The second kappa shape index (κ2) is 6.27. The maximum atomic E-state index is 13.2. The first-order valence-corrected chi connectivity index (χ1v) is 9.29. The van der Waals surface area contributed by atoms with Crippen LogP contribution in [0.15, 0.2) is 81.3 Å².